The Morgan fingerprint density at radius 2 is 1.66 bits per heavy atom. The van der Waals surface area contributed by atoms with Gasteiger partial charge >= 0.3 is 0 Å². The van der Waals surface area contributed by atoms with E-state index in [9.17, 15) is 13.2 Å². The predicted octanol–water partition coefficient (Wildman–Crippen LogP) is 6.38. The molecular weight excluding hydrogens is 490 g/mol. The zero-order valence-electron chi connectivity index (χ0n) is 17.8. The van der Waals surface area contributed by atoms with Crippen LogP contribution in [0, 0.1) is 5.92 Å². The van der Waals surface area contributed by atoms with Gasteiger partial charge in [-0.05, 0) is 74.6 Å². The van der Waals surface area contributed by atoms with Crippen LogP contribution in [0.2, 0.25) is 0 Å². The van der Waals surface area contributed by atoms with Gasteiger partial charge in [0, 0.05) is 27.8 Å². The fraction of sp³-hybridized carbons (Fsp3) is 0.400. The zero-order valence-corrected chi connectivity index (χ0v) is 20.3. The summed E-state index contributed by atoms with van der Waals surface area (Å²) in [7, 11) is -4.06. The van der Waals surface area contributed by atoms with Crippen molar-refractivity contribution >= 4 is 48.5 Å². The van der Waals surface area contributed by atoms with Crippen molar-refractivity contribution in [1.82, 2.24) is 0 Å². The van der Waals surface area contributed by atoms with Crippen LogP contribution in [0.5, 0.6) is 0 Å². The molecule has 0 unspecified atom stereocenters. The quantitative estimate of drug-likeness (QED) is 0.404. The van der Waals surface area contributed by atoms with Crippen LogP contribution in [0.4, 0.5) is 5.69 Å². The average Bonchev–Trinajstić information content (AvgIpc) is 3.18. The van der Waals surface area contributed by atoms with Crippen LogP contribution in [-0.2, 0) is 27.7 Å². The lowest BCUT2D eigenvalue weighted by Crippen LogP contribution is -2.41. The summed E-state index contributed by atoms with van der Waals surface area (Å²) >= 11 is 3.36. The summed E-state index contributed by atoms with van der Waals surface area (Å²) in [6, 6.07) is 11.8. The molecule has 1 heterocycles. The molecule has 0 aliphatic heterocycles. The molecule has 5 nitrogen and oxygen atoms in total. The molecule has 0 bridgehead atoms. The highest BCUT2D eigenvalue weighted by Gasteiger charge is 2.36. The summed E-state index contributed by atoms with van der Waals surface area (Å²) in [6.07, 6.45) is 8.48. The van der Waals surface area contributed by atoms with E-state index < -0.39 is 10.0 Å². The number of hydrogen-bond donors (Lipinski definition) is 0. The summed E-state index contributed by atoms with van der Waals surface area (Å²) in [5.41, 5.74) is 2.30. The van der Waals surface area contributed by atoms with E-state index in [1.807, 2.05) is 6.07 Å². The third kappa shape index (κ3) is 3.90. The van der Waals surface area contributed by atoms with Crippen LogP contribution in [0.25, 0.3) is 11.0 Å². The molecule has 0 atom stereocenters. The first-order valence-electron chi connectivity index (χ1n) is 11.3. The van der Waals surface area contributed by atoms with E-state index in [1.165, 1.54) is 0 Å². The van der Waals surface area contributed by atoms with Gasteiger partial charge in [-0.15, -0.1) is 0 Å². The minimum Gasteiger partial charge on any atom is -0.461 e. The third-order valence-electron chi connectivity index (χ3n) is 6.68. The van der Waals surface area contributed by atoms with Gasteiger partial charge in [-0.25, -0.2) is 12.7 Å². The van der Waals surface area contributed by atoms with E-state index in [1.54, 1.807) is 36.4 Å². The van der Waals surface area contributed by atoms with Crippen molar-refractivity contribution in [2.24, 2.45) is 5.92 Å². The summed E-state index contributed by atoms with van der Waals surface area (Å²) in [4.78, 5) is 13.8. The second-order valence-electron chi connectivity index (χ2n) is 8.79. The number of benzene rings is 2. The van der Waals surface area contributed by atoms with Crippen molar-refractivity contribution in [3.05, 3.63) is 58.3 Å². The van der Waals surface area contributed by atoms with Crippen molar-refractivity contribution in [1.29, 1.82) is 0 Å². The fourth-order valence-electron chi connectivity index (χ4n) is 4.99. The molecule has 32 heavy (non-hydrogen) atoms. The Hall–Kier alpha value is -2.12. The molecule has 0 saturated heterocycles. The van der Waals surface area contributed by atoms with Gasteiger partial charge in [0.2, 0.25) is 5.91 Å². The van der Waals surface area contributed by atoms with Crippen LogP contribution >= 0.6 is 15.9 Å². The van der Waals surface area contributed by atoms with E-state index in [0.717, 1.165) is 88.9 Å². The van der Waals surface area contributed by atoms with Gasteiger partial charge in [0.25, 0.3) is 10.0 Å². The molecule has 7 heteroatoms. The van der Waals surface area contributed by atoms with Crippen molar-refractivity contribution < 1.29 is 17.6 Å². The minimum absolute atomic E-state index is 0.110. The topological polar surface area (TPSA) is 67.6 Å². The summed E-state index contributed by atoms with van der Waals surface area (Å²) in [6.45, 7) is 0. The number of carbonyl (C=O) groups is 1. The highest BCUT2D eigenvalue weighted by atomic mass is 79.9. The number of halogens is 1. The van der Waals surface area contributed by atoms with Crippen LogP contribution in [-0.4, -0.2) is 14.3 Å². The van der Waals surface area contributed by atoms with E-state index in [-0.39, 0.29) is 16.7 Å². The lowest BCUT2D eigenvalue weighted by Gasteiger charge is -2.29. The number of sulfonamides is 1. The van der Waals surface area contributed by atoms with Crippen LogP contribution < -0.4 is 4.31 Å². The number of fused-ring (bicyclic) bond motifs is 3. The molecule has 2 aromatic carbocycles. The van der Waals surface area contributed by atoms with Gasteiger partial charge in [0.15, 0.2) is 0 Å². The Morgan fingerprint density at radius 3 is 2.41 bits per heavy atom. The molecule has 3 aromatic rings. The number of hydrogen-bond acceptors (Lipinski definition) is 4. The van der Waals surface area contributed by atoms with Crippen LogP contribution in [0.1, 0.15) is 56.3 Å². The molecule has 5 rings (SSSR count). The summed E-state index contributed by atoms with van der Waals surface area (Å²) in [5, 5.41) is 0.921. The maximum Gasteiger partial charge on any atom is 0.270 e. The SMILES string of the molecule is O=C(C1CCCCC1)N(c1ccc2oc3c(c2c1)CCCC3)S(=O)(=O)c1ccc(Br)cc1. The molecule has 0 spiro atoms. The Bertz CT molecular complexity index is 1260. The standard InChI is InChI=1S/C25H26BrNO4S/c26-18-10-13-20(14-11-18)32(29,30)27(25(28)17-6-2-1-3-7-17)19-12-15-24-22(16-19)21-8-4-5-9-23(21)31-24/h10-17H,1-9H2. The first kappa shape index (κ1) is 21.7. The van der Waals surface area contributed by atoms with Crippen molar-refractivity contribution in [3.8, 4) is 0 Å². The first-order chi connectivity index (χ1) is 15.4. The normalized spacial score (nSPS) is 17.3. The molecule has 0 radical (unpaired) electrons. The molecule has 2 aliphatic rings. The smallest absolute Gasteiger partial charge is 0.270 e. The van der Waals surface area contributed by atoms with Crippen LogP contribution in [0.3, 0.4) is 0 Å². The third-order valence-corrected chi connectivity index (χ3v) is 8.95. The molecule has 0 N–H and O–H groups in total. The predicted molar refractivity (Wildman–Crippen MR) is 128 cm³/mol. The minimum atomic E-state index is -4.06. The van der Waals surface area contributed by atoms with Crippen molar-refractivity contribution in [2.45, 2.75) is 62.7 Å². The average molecular weight is 516 g/mol. The van der Waals surface area contributed by atoms with E-state index in [2.05, 4.69) is 15.9 Å². The number of nitrogens with zero attached hydrogens (tertiary/aromatic N) is 1. The van der Waals surface area contributed by atoms with Gasteiger partial charge in [-0.1, -0.05) is 35.2 Å². The highest BCUT2D eigenvalue weighted by molar-refractivity contribution is 9.10. The Labute approximate surface area is 197 Å². The van der Waals surface area contributed by atoms with Gasteiger partial charge in [-0.3, -0.25) is 4.79 Å². The maximum absolute atomic E-state index is 13.8. The van der Waals surface area contributed by atoms with Gasteiger partial charge in [0.05, 0.1) is 10.6 Å². The maximum atomic E-state index is 13.8. The van der Waals surface area contributed by atoms with E-state index >= 15 is 0 Å². The number of carbonyl (C=O) groups excluding carboxylic acids is 1. The Kier molecular flexibility index (Phi) is 5.88. The van der Waals surface area contributed by atoms with Gasteiger partial charge < -0.3 is 4.42 Å². The largest absolute Gasteiger partial charge is 0.461 e. The zero-order chi connectivity index (χ0) is 22.3. The lowest BCUT2D eigenvalue weighted by molar-refractivity contribution is -0.122. The Morgan fingerprint density at radius 1 is 0.938 bits per heavy atom. The number of anilines is 1. The van der Waals surface area contributed by atoms with Gasteiger partial charge in [-0.2, -0.15) is 0 Å². The lowest BCUT2D eigenvalue weighted by atomic mass is 9.88. The first-order valence-corrected chi connectivity index (χ1v) is 13.6. The van der Waals surface area contributed by atoms with Gasteiger partial charge in [0.1, 0.15) is 11.3 Å². The molecule has 1 saturated carbocycles. The number of furan rings is 1. The summed E-state index contributed by atoms with van der Waals surface area (Å²) in [5.74, 6) is 0.386. The molecular formula is C25H26BrNO4S. The highest BCUT2D eigenvalue weighted by Crippen LogP contribution is 2.37. The van der Waals surface area contributed by atoms with Crippen molar-refractivity contribution in [2.75, 3.05) is 4.31 Å². The number of amides is 1. The molecule has 1 fully saturated rings. The number of rotatable bonds is 4. The van der Waals surface area contributed by atoms with E-state index in [0.29, 0.717) is 5.69 Å². The van der Waals surface area contributed by atoms with Crippen LogP contribution in [0.15, 0.2) is 56.2 Å². The number of aryl methyl sites for hydroxylation is 2. The second kappa shape index (κ2) is 8.67. The Balaban J connectivity index is 1.63. The molecule has 1 amide bonds. The van der Waals surface area contributed by atoms with Crippen molar-refractivity contribution in [3.63, 3.8) is 0 Å². The molecule has 2 aliphatic carbocycles. The fourth-order valence-corrected chi connectivity index (χ4v) is 6.72. The summed E-state index contributed by atoms with van der Waals surface area (Å²) < 4.78 is 35.4. The second-order valence-corrected chi connectivity index (χ2v) is 11.5. The molecule has 1 aromatic heterocycles. The van der Waals surface area contributed by atoms with E-state index in [4.69, 9.17) is 4.42 Å². The molecule has 168 valence electrons. The monoisotopic (exact) mass is 515 g/mol.